The minimum Gasteiger partial charge on any atom is -0.497 e. The van der Waals surface area contributed by atoms with E-state index < -0.39 is 0 Å². The molecular weight excluding hydrogens is 432 g/mol. The van der Waals surface area contributed by atoms with Crippen LogP contribution in [-0.2, 0) is 4.79 Å². The largest absolute Gasteiger partial charge is 0.497 e. The third-order valence-corrected chi connectivity index (χ3v) is 6.28. The van der Waals surface area contributed by atoms with Crippen LogP contribution in [0.5, 0.6) is 5.75 Å². The fourth-order valence-corrected chi connectivity index (χ4v) is 4.37. The van der Waals surface area contributed by atoms with Crippen molar-refractivity contribution >= 4 is 17.7 Å². The molecule has 0 fully saturated rings. The molecule has 0 unspecified atom stereocenters. The van der Waals surface area contributed by atoms with Gasteiger partial charge in [-0.25, -0.2) is 0 Å². The molecule has 168 valence electrons. The van der Waals surface area contributed by atoms with Crippen molar-refractivity contribution in [1.29, 1.82) is 0 Å². The molecule has 7 heteroatoms. The molecule has 0 bridgehead atoms. The fourth-order valence-electron chi connectivity index (χ4n) is 3.56. The van der Waals surface area contributed by atoms with Crippen LogP contribution in [0.2, 0.25) is 0 Å². The SMILES string of the molecule is COc1ccc(-n2c(C)nnc2SCC(=O)N[C@@H](C)c2ccc(-c3ccccc3)cc2)cc1. The van der Waals surface area contributed by atoms with Gasteiger partial charge in [0.1, 0.15) is 11.6 Å². The third kappa shape index (κ3) is 5.43. The summed E-state index contributed by atoms with van der Waals surface area (Å²) in [7, 11) is 1.64. The molecule has 0 saturated carbocycles. The summed E-state index contributed by atoms with van der Waals surface area (Å²) in [6, 6.07) is 26.1. The first-order valence-corrected chi connectivity index (χ1v) is 11.7. The number of amides is 1. The Morgan fingerprint density at radius 1 is 0.970 bits per heavy atom. The second-order valence-corrected chi connectivity index (χ2v) is 8.57. The van der Waals surface area contributed by atoms with Crippen LogP contribution in [0.3, 0.4) is 0 Å². The Hall–Kier alpha value is -3.58. The van der Waals surface area contributed by atoms with Crippen LogP contribution in [0, 0.1) is 6.92 Å². The molecule has 1 amide bonds. The number of ether oxygens (including phenoxy) is 1. The molecule has 3 aromatic carbocycles. The molecule has 0 aliphatic carbocycles. The van der Waals surface area contributed by atoms with Gasteiger partial charge in [-0.15, -0.1) is 10.2 Å². The summed E-state index contributed by atoms with van der Waals surface area (Å²) in [6.45, 7) is 3.88. The lowest BCUT2D eigenvalue weighted by molar-refractivity contribution is -0.119. The summed E-state index contributed by atoms with van der Waals surface area (Å²) in [6.07, 6.45) is 0. The van der Waals surface area contributed by atoms with E-state index in [1.54, 1.807) is 7.11 Å². The highest BCUT2D eigenvalue weighted by Crippen LogP contribution is 2.24. The number of carbonyl (C=O) groups is 1. The Balaban J connectivity index is 1.37. The molecular formula is C26H26N4O2S. The highest BCUT2D eigenvalue weighted by atomic mass is 32.2. The van der Waals surface area contributed by atoms with Crippen LogP contribution < -0.4 is 10.1 Å². The molecule has 0 radical (unpaired) electrons. The molecule has 4 aromatic rings. The van der Waals surface area contributed by atoms with Crippen molar-refractivity contribution in [1.82, 2.24) is 20.1 Å². The van der Waals surface area contributed by atoms with Crippen LogP contribution in [0.15, 0.2) is 84.0 Å². The molecule has 4 rings (SSSR count). The van der Waals surface area contributed by atoms with E-state index >= 15 is 0 Å². The zero-order valence-electron chi connectivity index (χ0n) is 18.9. The van der Waals surface area contributed by atoms with Gasteiger partial charge in [0.2, 0.25) is 5.91 Å². The van der Waals surface area contributed by atoms with Crippen molar-refractivity contribution in [3.05, 3.63) is 90.3 Å². The van der Waals surface area contributed by atoms with E-state index in [-0.39, 0.29) is 17.7 Å². The van der Waals surface area contributed by atoms with Crippen molar-refractivity contribution in [2.45, 2.75) is 25.0 Å². The van der Waals surface area contributed by atoms with Gasteiger partial charge in [0.05, 0.1) is 18.9 Å². The normalized spacial score (nSPS) is 11.7. The summed E-state index contributed by atoms with van der Waals surface area (Å²) in [4.78, 5) is 12.6. The highest BCUT2D eigenvalue weighted by Gasteiger charge is 2.15. The van der Waals surface area contributed by atoms with Gasteiger partial charge in [0.15, 0.2) is 5.16 Å². The standard InChI is InChI=1S/C26H26N4O2S/c1-18(20-9-11-22(12-10-20)21-7-5-4-6-8-21)27-25(31)17-33-26-29-28-19(2)30(26)23-13-15-24(32-3)16-14-23/h4-16,18H,17H2,1-3H3,(H,27,31)/t18-/m0/s1. The number of nitrogens with zero attached hydrogens (tertiary/aromatic N) is 3. The number of aromatic nitrogens is 3. The number of hydrogen-bond acceptors (Lipinski definition) is 5. The van der Waals surface area contributed by atoms with Crippen molar-refractivity contribution in [2.24, 2.45) is 0 Å². The minimum atomic E-state index is -0.0934. The molecule has 0 aliphatic rings. The molecule has 1 N–H and O–H groups in total. The molecule has 6 nitrogen and oxygen atoms in total. The summed E-state index contributed by atoms with van der Waals surface area (Å²) in [5.74, 6) is 1.74. The Kier molecular flexibility index (Phi) is 7.10. The quantitative estimate of drug-likeness (QED) is 0.367. The second kappa shape index (κ2) is 10.4. The maximum absolute atomic E-state index is 12.6. The van der Waals surface area contributed by atoms with Gasteiger partial charge in [-0.1, -0.05) is 66.4 Å². The van der Waals surface area contributed by atoms with E-state index in [4.69, 9.17) is 4.74 Å². The van der Waals surface area contributed by atoms with E-state index in [1.807, 2.05) is 60.9 Å². The number of hydrogen-bond donors (Lipinski definition) is 1. The fraction of sp³-hybridized carbons (Fsp3) is 0.192. The zero-order valence-corrected chi connectivity index (χ0v) is 19.7. The van der Waals surface area contributed by atoms with Crippen molar-refractivity contribution in [3.8, 4) is 22.6 Å². The first kappa shape index (κ1) is 22.6. The molecule has 1 atom stereocenters. The number of aryl methyl sites for hydroxylation is 1. The lowest BCUT2D eigenvalue weighted by atomic mass is 10.0. The first-order valence-electron chi connectivity index (χ1n) is 10.7. The van der Waals surface area contributed by atoms with Gasteiger partial charge in [0.25, 0.3) is 0 Å². The van der Waals surface area contributed by atoms with Crippen LogP contribution >= 0.6 is 11.8 Å². The maximum Gasteiger partial charge on any atom is 0.230 e. The predicted molar refractivity (Wildman–Crippen MR) is 132 cm³/mol. The summed E-state index contributed by atoms with van der Waals surface area (Å²) < 4.78 is 7.16. The van der Waals surface area contributed by atoms with Gasteiger partial charge in [-0.3, -0.25) is 9.36 Å². The molecule has 1 heterocycles. The Labute approximate surface area is 198 Å². The molecule has 0 aliphatic heterocycles. The number of carbonyl (C=O) groups excluding carboxylic acids is 1. The van der Waals surface area contributed by atoms with Crippen molar-refractivity contribution in [2.75, 3.05) is 12.9 Å². The van der Waals surface area contributed by atoms with Gasteiger partial charge >= 0.3 is 0 Å². The Bertz CT molecular complexity index is 1210. The number of methoxy groups -OCH3 is 1. The molecule has 33 heavy (non-hydrogen) atoms. The van der Waals surface area contributed by atoms with Crippen LogP contribution in [0.1, 0.15) is 24.4 Å². The summed E-state index contributed by atoms with van der Waals surface area (Å²) in [5.41, 5.74) is 4.31. The predicted octanol–water partition coefficient (Wildman–Crippen LogP) is 5.22. The third-order valence-electron chi connectivity index (χ3n) is 5.35. The van der Waals surface area contributed by atoms with E-state index in [9.17, 15) is 4.79 Å². The van der Waals surface area contributed by atoms with Crippen LogP contribution in [0.4, 0.5) is 0 Å². The van der Waals surface area contributed by atoms with Gasteiger partial charge < -0.3 is 10.1 Å². The average molecular weight is 459 g/mol. The highest BCUT2D eigenvalue weighted by molar-refractivity contribution is 7.99. The maximum atomic E-state index is 12.6. The Morgan fingerprint density at radius 3 is 2.30 bits per heavy atom. The summed E-state index contributed by atoms with van der Waals surface area (Å²) in [5, 5.41) is 12.2. The van der Waals surface area contributed by atoms with Gasteiger partial charge in [-0.2, -0.15) is 0 Å². The van der Waals surface area contributed by atoms with Crippen LogP contribution in [-0.4, -0.2) is 33.5 Å². The van der Waals surface area contributed by atoms with E-state index in [0.29, 0.717) is 5.16 Å². The van der Waals surface area contributed by atoms with Crippen LogP contribution in [0.25, 0.3) is 16.8 Å². The molecule has 1 aromatic heterocycles. The number of nitrogens with one attached hydrogen (secondary N) is 1. The average Bonchev–Trinajstić information content (AvgIpc) is 3.23. The number of rotatable bonds is 8. The summed E-state index contributed by atoms with van der Waals surface area (Å²) >= 11 is 1.36. The lowest BCUT2D eigenvalue weighted by Crippen LogP contribution is -2.28. The monoisotopic (exact) mass is 458 g/mol. The first-order chi connectivity index (χ1) is 16.0. The second-order valence-electron chi connectivity index (χ2n) is 7.63. The van der Waals surface area contributed by atoms with E-state index in [0.717, 1.165) is 28.4 Å². The van der Waals surface area contributed by atoms with Gasteiger partial charge in [0, 0.05) is 5.69 Å². The molecule has 0 spiro atoms. The number of thioether (sulfide) groups is 1. The minimum absolute atomic E-state index is 0.0541. The van der Waals surface area contributed by atoms with Gasteiger partial charge in [-0.05, 0) is 54.8 Å². The Morgan fingerprint density at radius 2 is 1.64 bits per heavy atom. The van der Waals surface area contributed by atoms with E-state index in [1.165, 1.54) is 17.3 Å². The van der Waals surface area contributed by atoms with Crippen molar-refractivity contribution in [3.63, 3.8) is 0 Å². The van der Waals surface area contributed by atoms with E-state index in [2.05, 4.69) is 51.9 Å². The van der Waals surface area contributed by atoms with Crippen molar-refractivity contribution < 1.29 is 9.53 Å². The lowest BCUT2D eigenvalue weighted by Gasteiger charge is -2.15. The smallest absolute Gasteiger partial charge is 0.230 e. The number of benzene rings is 3. The zero-order chi connectivity index (χ0) is 23.2. The molecule has 0 saturated heterocycles. The topological polar surface area (TPSA) is 69.0 Å².